The van der Waals surface area contributed by atoms with Crippen molar-refractivity contribution in [1.29, 1.82) is 0 Å². The molecule has 1 saturated carbocycles. The van der Waals surface area contributed by atoms with E-state index in [0.717, 1.165) is 35.0 Å². The van der Waals surface area contributed by atoms with E-state index >= 15 is 0 Å². The van der Waals surface area contributed by atoms with Crippen LogP contribution >= 0.6 is 11.6 Å². The number of halogens is 1. The molecule has 1 heterocycles. The maximum atomic E-state index is 13.0. The van der Waals surface area contributed by atoms with Gasteiger partial charge in [0.05, 0.1) is 5.52 Å². The summed E-state index contributed by atoms with van der Waals surface area (Å²) in [5.41, 5.74) is 2.80. The fourth-order valence-electron chi connectivity index (χ4n) is 4.07. The van der Waals surface area contributed by atoms with Crippen LogP contribution in [0.15, 0.2) is 48.5 Å². The summed E-state index contributed by atoms with van der Waals surface area (Å²) in [6.45, 7) is 1.92. The molecule has 1 amide bonds. The van der Waals surface area contributed by atoms with Crippen molar-refractivity contribution in [2.24, 2.45) is 0 Å². The van der Waals surface area contributed by atoms with Crippen molar-refractivity contribution < 1.29 is 4.79 Å². The van der Waals surface area contributed by atoms with E-state index in [2.05, 4.69) is 5.32 Å². The first kappa shape index (κ1) is 19.0. The zero-order chi connectivity index (χ0) is 19.5. The largest absolute Gasteiger partial charge is 0.352 e. The van der Waals surface area contributed by atoms with Crippen molar-refractivity contribution in [2.75, 3.05) is 0 Å². The van der Waals surface area contributed by atoms with Crippen LogP contribution in [-0.2, 0) is 4.79 Å². The van der Waals surface area contributed by atoms with E-state index in [4.69, 9.17) is 16.7 Å². The molecule has 5 heteroatoms. The molecule has 146 valence electrons. The molecule has 0 radical (unpaired) electrons. The lowest BCUT2D eigenvalue weighted by molar-refractivity contribution is -0.124. The summed E-state index contributed by atoms with van der Waals surface area (Å²) in [7, 11) is 0. The van der Waals surface area contributed by atoms with Crippen molar-refractivity contribution in [2.45, 2.75) is 57.5 Å². The molecule has 3 aromatic rings. The molecule has 0 unspecified atom stereocenters. The Labute approximate surface area is 170 Å². The first-order valence-electron chi connectivity index (χ1n) is 10.2. The Balaban J connectivity index is 1.67. The summed E-state index contributed by atoms with van der Waals surface area (Å²) in [6, 6.07) is 15.7. The summed E-state index contributed by atoms with van der Waals surface area (Å²) in [4.78, 5) is 13.0. The van der Waals surface area contributed by atoms with Gasteiger partial charge in [-0.3, -0.25) is 9.48 Å². The van der Waals surface area contributed by atoms with Crippen molar-refractivity contribution >= 4 is 28.4 Å². The molecule has 1 aliphatic rings. The molecule has 1 fully saturated rings. The van der Waals surface area contributed by atoms with Gasteiger partial charge in [-0.2, -0.15) is 5.10 Å². The molecular weight excluding hydrogens is 370 g/mol. The van der Waals surface area contributed by atoms with Gasteiger partial charge in [-0.1, -0.05) is 67.6 Å². The highest BCUT2D eigenvalue weighted by molar-refractivity contribution is 6.31. The minimum Gasteiger partial charge on any atom is -0.352 e. The van der Waals surface area contributed by atoms with Crippen LogP contribution in [0.5, 0.6) is 0 Å². The van der Waals surface area contributed by atoms with E-state index in [1.54, 1.807) is 0 Å². The molecule has 0 saturated heterocycles. The Morgan fingerprint density at radius 2 is 1.82 bits per heavy atom. The molecule has 4 nitrogen and oxygen atoms in total. The number of carbonyl (C=O) groups excluding carboxylic acids is 1. The van der Waals surface area contributed by atoms with Crippen molar-refractivity contribution in [3.8, 4) is 11.3 Å². The maximum Gasteiger partial charge on any atom is 0.244 e. The normalized spacial score (nSPS) is 16.6. The van der Waals surface area contributed by atoms with Crippen LogP contribution < -0.4 is 5.32 Å². The highest BCUT2D eigenvalue weighted by atomic mass is 35.5. The minimum absolute atomic E-state index is 0.0332. The van der Waals surface area contributed by atoms with E-state index in [1.165, 1.54) is 25.7 Å². The number of rotatable bonds is 4. The smallest absolute Gasteiger partial charge is 0.244 e. The molecular formula is C23H26ClN3O. The van der Waals surface area contributed by atoms with Crippen LogP contribution in [0.3, 0.4) is 0 Å². The summed E-state index contributed by atoms with van der Waals surface area (Å²) >= 11 is 6.26. The van der Waals surface area contributed by atoms with Crippen molar-refractivity contribution in [1.82, 2.24) is 15.1 Å². The Morgan fingerprint density at radius 1 is 1.11 bits per heavy atom. The predicted molar refractivity (Wildman–Crippen MR) is 115 cm³/mol. The molecule has 0 spiro atoms. The SMILES string of the molecule is C[C@@H](C(=O)NC1CCCCCC1)n1nc(-c2ccccc2)c2cc(Cl)ccc21. The van der Waals surface area contributed by atoms with Crippen LogP contribution in [0, 0.1) is 0 Å². The predicted octanol–water partition coefficient (Wildman–Crippen LogP) is 5.76. The molecule has 0 bridgehead atoms. The minimum atomic E-state index is -0.385. The molecule has 1 atom stereocenters. The maximum absolute atomic E-state index is 13.0. The average molecular weight is 396 g/mol. The van der Waals surface area contributed by atoms with E-state index in [9.17, 15) is 4.79 Å². The molecule has 4 rings (SSSR count). The van der Waals surface area contributed by atoms with Crippen LogP contribution in [0.25, 0.3) is 22.2 Å². The summed E-state index contributed by atoms with van der Waals surface area (Å²) in [5, 5.41) is 9.72. The van der Waals surface area contributed by atoms with E-state index in [1.807, 2.05) is 60.1 Å². The second kappa shape index (κ2) is 8.36. The standard InChI is InChI=1S/C23H26ClN3O/c1-16(23(28)25-19-11-7-2-3-8-12-19)27-21-14-13-18(24)15-20(21)22(26-27)17-9-5-4-6-10-17/h4-6,9-10,13-16,19H,2-3,7-8,11-12H2,1H3,(H,25,28)/t16-/m0/s1. The zero-order valence-corrected chi connectivity index (χ0v) is 17.0. The summed E-state index contributed by atoms with van der Waals surface area (Å²) < 4.78 is 1.83. The van der Waals surface area contributed by atoms with Gasteiger partial charge >= 0.3 is 0 Å². The number of hydrogen-bond donors (Lipinski definition) is 1. The number of benzene rings is 2. The summed E-state index contributed by atoms with van der Waals surface area (Å²) in [5.74, 6) is 0.0332. The zero-order valence-electron chi connectivity index (χ0n) is 16.2. The first-order chi connectivity index (χ1) is 13.6. The summed E-state index contributed by atoms with van der Waals surface area (Å²) in [6.07, 6.45) is 7.08. The Hall–Kier alpha value is -2.33. The third-order valence-corrected chi connectivity index (χ3v) is 5.90. The van der Waals surface area contributed by atoms with Gasteiger partial charge in [0.2, 0.25) is 5.91 Å². The third kappa shape index (κ3) is 3.93. The molecule has 0 aliphatic heterocycles. The molecule has 1 aromatic heterocycles. The number of nitrogens with zero attached hydrogens (tertiary/aromatic N) is 2. The van der Waals surface area contributed by atoms with Crippen LogP contribution in [0.1, 0.15) is 51.5 Å². The monoisotopic (exact) mass is 395 g/mol. The van der Waals surface area contributed by atoms with Gasteiger partial charge in [0.15, 0.2) is 0 Å². The lowest BCUT2D eigenvalue weighted by atomic mass is 10.1. The average Bonchev–Trinajstić information content (AvgIpc) is 2.88. The lowest BCUT2D eigenvalue weighted by Crippen LogP contribution is -2.38. The Morgan fingerprint density at radius 3 is 2.54 bits per heavy atom. The second-order valence-electron chi connectivity index (χ2n) is 7.69. The number of fused-ring (bicyclic) bond motifs is 1. The Bertz CT molecular complexity index is 959. The number of amides is 1. The third-order valence-electron chi connectivity index (χ3n) is 5.66. The van der Waals surface area contributed by atoms with E-state index in [-0.39, 0.29) is 18.0 Å². The van der Waals surface area contributed by atoms with Gasteiger partial charge < -0.3 is 5.32 Å². The van der Waals surface area contributed by atoms with Crippen molar-refractivity contribution in [3.63, 3.8) is 0 Å². The number of hydrogen-bond acceptors (Lipinski definition) is 2. The second-order valence-corrected chi connectivity index (χ2v) is 8.13. The van der Waals surface area contributed by atoms with Gasteiger partial charge in [-0.15, -0.1) is 0 Å². The van der Waals surface area contributed by atoms with Crippen molar-refractivity contribution in [3.05, 3.63) is 53.6 Å². The topological polar surface area (TPSA) is 46.9 Å². The molecule has 1 N–H and O–H groups in total. The molecule has 2 aromatic carbocycles. The van der Waals surface area contributed by atoms with Gasteiger partial charge in [-0.05, 0) is 38.0 Å². The van der Waals surface area contributed by atoms with Gasteiger partial charge in [0.1, 0.15) is 11.7 Å². The number of nitrogens with one attached hydrogen (secondary N) is 1. The van der Waals surface area contributed by atoms with Gasteiger partial charge in [0, 0.05) is 22.0 Å². The first-order valence-corrected chi connectivity index (χ1v) is 10.5. The number of carbonyl (C=O) groups is 1. The van der Waals surface area contributed by atoms with Crippen LogP contribution in [0.4, 0.5) is 0 Å². The van der Waals surface area contributed by atoms with E-state index < -0.39 is 0 Å². The number of aromatic nitrogens is 2. The fourth-order valence-corrected chi connectivity index (χ4v) is 4.25. The molecule has 28 heavy (non-hydrogen) atoms. The van der Waals surface area contributed by atoms with E-state index in [0.29, 0.717) is 5.02 Å². The van der Waals surface area contributed by atoms with Crippen LogP contribution in [0.2, 0.25) is 5.02 Å². The molecule has 1 aliphatic carbocycles. The quantitative estimate of drug-likeness (QED) is 0.571. The fraction of sp³-hybridized carbons (Fsp3) is 0.391. The lowest BCUT2D eigenvalue weighted by Gasteiger charge is -2.20. The Kier molecular flexibility index (Phi) is 5.67. The highest BCUT2D eigenvalue weighted by Crippen LogP contribution is 2.32. The van der Waals surface area contributed by atoms with Gasteiger partial charge in [-0.25, -0.2) is 0 Å². The van der Waals surface area contributed by atoms with Gasteiger partial charge in [0.25, 0.3) is 0 Å². The highest BCUT2D eigenvalue weighted by Gasteiger charge is 2.24. The van der Waals surface area contributed by atoms with Crippen LogP contribution in [-0.4, -0.2) is 21.7 Å².